The molecular formula is C16H17N5O. The normalized spacial score (nSPS) is 14.5. The van der Waals surface area contributed by atoms with Crippen LogP contribution in [-0.2, 0) is 0 Å². The largest absolute Gasteiger partial charge is 0.508 e. The van der Waals surface area contributed by atoms with Crippen molar-refractivity contribution in [1.82, 2.24) is 0 Å². The average Bonchev–Trinajstić information content (AvgIpc) is 2.57. The van der Waals surface area contributed by atoms with Gasteiger partial charge in [0.2, 0.25) is 0 Å². The standard InChI is InChI=1S/C16H17N5O/c17-19-18-13-1-3-14(4-2-13)20-9-11-21(12-10-20)15-5-7-16(22)8-6-15/h1-8,22H,9-12H2. The number of rotatable bonds is 3. The third-order valence-corrected chi connectivity index (χ3v) is 3.87. The van der Waals surface area contributed by atoms with Crippen LogP contribution in [0.25, 0.3) is 10.4 Å². The highest BCUT2D eigenvalue weighted by Crippen LogP contribution is 2.24. The lowest BCUT2D eigenvalue weighted by molar-refractivity contribution is 0.475. The van der Waals surface area contributed by atoms with Gasteiger partial charge in [0.15, 0.2) is 0 Å². The van der Waals surface area contributed by atoms with Gasteiger partial charge in [-0.05, 0) is 41.9 Å². The summed E-state index contributed by atoms with van der Waals surface area (Å²) in [5.41, 5.74) is 11.3. The number of azide groups is 1. The molecule has 0 bridgehead atoms. The van der Waals surface area contributed by atoms with Crippen molar-refractivity contribution in [1.29, 1.82) is 0 Å². The van der Waals surface area contributed by atoms with Crippen molar-refractivity contribution >= 4 is 17.1 Å². The quantitative estimate of drug-likeness (QED) is 0.533. The predicted molar refractivity (Wildman–Crippen MR) is 87.8 cm³/mol. The number of hydrogen-bond acceptors (Lipinski definition) is 4. The first kappa shape index (κ1) is 14.1. The highest BCUT2D eigenvalue weighted by atomic mass is 16.3. The molecule has 0 saturated carbocycles. The van der Waals surface area contributed by atoms with Crippen LogP contribution in [0.2, 0.25) is 0 Å². The van der Waals surface area contributed by atoms with E-state index in [1.165, 1.54) is 0 Å². The first-order chi connectivity index (χ1) is 10.8. The molecule has 1 aliphatic rings. The molecule has 0 amide bonds. The van der Waals surface area contributed by atoms with Crippen LogP contribution in [0.3, 0.4) is 0 Å². The minimum Gasteiger partial charge on any atom is -0.508 e. The van der Waals surface area contributed by atoms with E-state index >= 15 is 0 Å². The van der Waals surface area contributed by atoms with Crippen LogP contribution < -0.4 is 9.80 Å². The summed E-state index contributed by atoms with van der Waals surface area (Å²) in [4.78, 5) is 7.41. The van der Waals surface area contributed by atoms with Crippen molar-refractivity contribution in [3.8, 4) is 5.75 Å². The fraction of sp³-hybridized carbons (Fsp3) is 0.250. The highest BCUT2D eigenvalue weighted by molar-refractivity contribution is 5.55. The molecule has 0 spiro atoms. The Morgan fingerprint density at radius 3 is 1.73 bits per heavy atom. The van der Waals surface area contributed by atoms with Crippen molar-refractivity contribution in [2.75, 3.05) is 36.0 Å². The van der Waals surface area contributed by atoms with E-state index in [-0.39, 0.29) is 0 Å². The van der Waals surface area contributed by atoms with Crippen LogP contribution in [0, 0.1) is 0 Å². The van der Waals surface area contributed by atoms with E-state index in [2.05, 4.69) is 19.8 Å². The van der Waals surface area contributed by atoms with Crippen LogP contribution in [-0.4, -0.2) is 31.3 Å². The highest BCUT2D eigenvalue weighted by Gasteiger charge is 2.17. The van der Waals surface area contributed by atoms with Crippen LogP contribution in [0.1, 0.15) is 0 Å². The number of nitrogens with zero attached hydrogens (tertiary/aromatic N) is 5. The number of anilines is 2. The van der Waals surface area contributed by atoms with Crippen LogP contribution in [0.5, 0.6) is 5.75 Å². The lowest BCUT2D eigenvalue weighted by Crippen LogP contribution is -2.46. The molecule has 0 aromatic heterocycles. The Morgan fingerprint density at radius 2 is 1.27 bits per heavy atom. The smallest absolute Gasteiger partial charge is 0.115 e. The fourth-order valence-electron chi connectivity index (χ4n) is 2.67. The van der Waals surface area contributed by atoms with Gasteiger partial charge in [0.05, 0.1) is 0 Å². The second kappa shape index (κ2) is 6.28. The number of hydrogen-bond donors (Lipinski definition) is 1. The molecule has 0 radical (unpaired) electrons. The second-order valence-electron chi connectivity index (χ2n) is 5.20. The molecule has 0 unspecified atom stereocenters. The van der Waals surface area contributed by atoms with Crippen molar-refractivity contribution in [2.45, 2.75) is 0 Å². The van der Waals surface area contributed by atoms with Gasteiger partial charge in [0, 0.05) is 48.2 Å². The maximum Gasteiger partial charge on any atom is 0.115 e. The Bertz CT molecular complexity index is 669. The molecular weight excluding hydrogens is 278 g/mol. The molecule has 112 valence electrons. The molecule has 1 heterocycles. The topological polar surface area (TPSA) is 75.5 Å². The summed E-state index contributed by atoms with van der Waals surface area (Å²) in [5, 5.41) is 12.9. The second-order valence-corrected chi connectivity index (χ2v) is 5.20. The monoisotopic (exact) mass is 295 g/mol. The number of piperazine rings is 1. The SMILES string of the molecule is [N-]=[N+]=Nc1ccc(N2CCN(c3ccc(O)cc3)CC2)cc1. The summed E-state index contributed by atoms with van der Waals surface area (Å²) in [6.45, 7) is 3.73. The molecule has 0 atom stereocenters. The van der Waals surface area contributed by atoms with E-state index in [4.69, 9.17) is 5.53 Å². The van der Waals surface area contributed by atoms with E-state index < -0.39 is 0 Å². The molecule has 3 rings (SSSR count). The van der Waals surface area contributed by atoms with Crippen molar-refractivity contribution in [3.05, 3.63) is 59.0 Å². The third kappa shape index (κ3) is 3.07. The molecule has 22 heavy (non-hydrogen) atoms. The molecule has 6 nitrogen and oxygen atoms in total. The minimum absolute atomic E-state index is 0.294. The molecule has 1 saturated heterocycles. The third-order valence-electron chi connectivity index (χ3n) is 3.87. The van der Waals surface area contributed by atoms with Gasteiger partial charge in [-0.25, -0.2) is 0 Å². The summed E-state index contributed by atoms with van der Waals surface area (Å²) in [6, 6.07) is 15.0. The lowest BCUT2D eigenvalue weighted by atomic mass is 10.2. The van der Waals surface area contributed by atoms with Crippen LogP contribution in [0.15, 0.2) is 53.6 Å². The van der Waals surface area contributed by atoms with Crippen LogP contribution in [0.4, 0.5) is 17.1 Å². The van der Waals surface area contributed by atoms with Gasteiger partial charge in [0.25, 0.3) is 0 Å². The molecule has 1 N–H and O–H groups in total. The summed E-state index contributed by atoms with van der Waals surface area (Å²) in [7, 11) is 0. The lowest BCUT2D eigenvalue weighted by Gasteiger charge is -2.37. The Labute approximate surface area is 128 Å². The zero-order valence-corrected chi connectivity index (χ0v) is 12.1. The van der Waals surface area contributed by atoms with E-state index in [0.29, 0.717) is 11.4 Å². The molecule has 6 heteroatoms. The van der Waals surface area contributed by atoms with Gasteiger partial charge in [-0.3, -0.25) is 0 Å². The first-order valence-corrected chi connectivity index (χ1v) is 7.20. The van der Waals surface area contributed by atoms with Crippen molar-refractivity contribution in [3.63, 3.8) is 0 Å². The maximum absolute atomic E-state index is 9.35. The summed E-state index contributed by atoms with van der Waals surface area (Å²) in [6.07, 6.45) is 0. The Morgan fingerprint density at radius 1 is 0.818 bits per heavy atom. The van der Waals surface area contributed by atoms with Crippen LogP contribution >= 0.6 is 0 Å². The summed E-state index contributed by atoms with van der Waals surface area (Å²) in [5.74, 6) is 0.294. The number of phenols is 1. The van der Waals surface area contributed by atoms with Gasteiger partial charge < -0.3 is 14.9 Å². The van der Waals surface area contributed by atoms with Gasteiger partial charge >= 0.3 is 0 Å². The Kier molecular flexibility index (Phi) is 4.03. The molecule has 2 aromatic rings. The van der Waals surface area contributed by atoms with E-state index in [1.807, 2.05) is 36.4 Å². The minimum atomic E-state index is 0.294. The van der Waals surface area contributed by atoms with E-state index in [0.717, 1.165) is 37.6 Å². The van der Waals surface area contributed by atoms with E-state index in [9.17, 15) is 5.11 Å². The van der Waals surface area contributed by atoms with Crippen molar-refractivity contribution in [2.24, 2.45) is 5.11 Å². The molecule has 0 aliphatic carbocycles. The van der Waals surface area contributed by atoms with Gasteiger partial charge in [0.1, 0.15) is 5.75 Å². The molecule has 1 fully saturated rings. The van der Waals surface area contributed by atoms with Gasteiger partial charge in [-0.1, -0.05) is 17.2 Å². The Hall–Kier alpha value is -2.85. The van der Waals surface area contributed by atoms with E-state index in [1.54, 1.807) is 12.1 Å². The zero-order valence-electron chi connectivity index (χ0n) is 12.1. The van der Waals surface area contributed by atoms with Crippen molar-refractivity contribution < 1.29 is 5.11 Å². The summed E-state index contributed by atoms with van der Waals surface area (Å²) < 4.78 is 0. The summed E-state index contributed by atoms with van der Waals surface area (Å²) >= 11 is 0. The van der Waals surface area contributed by atoms with Gasteiger partial charge in [-0.15, -0.1) is 0 Å². The number of phenolic OH excluding ortho intramolecular Hbond substituents is 1. The van der Waals surface area contributed by atoms with Gasteiger partial charge in [-0.2, -0.15) is 0 Å². The predicted octanol–water partition coefficient (Wildman–Crippen LogP) is 3.66. The maximum atomic E-state index is 9.35. The first-order valence-electron chi connectivity index (χ1n) is 7.20. The fourth-order valence-corrected chi connectivity index (χ4v) is 2.67. The zero-order chi connectivity index (χ0) is 15.4. The molecule has 2 aromatic carbocycles. The average molecular weight is 295 g/mol. The number of aromatic hydroxyl groups is 1. The Balaban J connectivity index is 1.63. The molecule has 1 aliphatic heterocycles. The number of benzene rings is 2.